The van der Waals surface area contributed by atoms with Gasteiger partial charge in [0.1, 0.15) is 0 Å². The monoisotopic (exact) mass is 218 g/mol. The fourth-order valence-electron chi connectivity index (χ4n) is 2.74. The van der Waals surface area contributed by atoms with Crippen molar-refractivity contribution in [3.05, 3.63) is 29.6 Å². The molecule has 0 bridgehead atoms. The molecular weight excluding hydrogens is 196 g/mol. The van der Waals surface area contributed by atoms with Crippen molar-refractivity contribution >= 4 is 0 Å². The van der Waals surface area contributed by atoms with Crippen LogP contribution in [-0.2, 0) is 0 Å². The lowest BCUT2D eigenvalue weighted by atomic mass is 9.89. The van der Waals surface area contributed by atoms with E-state index in [9.17, 15) is 0 Å². The molecule has 88 valence electrons. The van der Waals surface area contributed by atoms with Gasteiger partial charge < -0.3 is 5.73 Å². The van der Waals surface area contributed by atoms with Gasteiger partial charge in [0, 0.05) is 6.20 Å². The van der Waals surface area contributed by atoms with Crippen molar-refractivity contribution in [2.75, 3.05) is 0 Å². The van der Waals surface area contributed by atoms with E-state index >= 15 is 0 Å². The van der Waals surface area contributed by atoms with Crippen LogP contribution in [0.4, 0.5) is 0 Å². The molecule has 1 aliphatic rings. The molecule has 1 unspecified atom stereocenters. The van der Waals surface area contributed by atoms with Gasteiger partial charge in [-0.15, -0.1) is 0 Å². The summed E-state index contributed by atoms with van der Waals surface area (Å²) in [6, 6.07) is 4.23. The van der Waals surface area contributed by atoms with Gasteiger partial charge in [-0.05, 0) is 37.3 Å². The van der Waals surface area contributed by atoms with Crippen LogP contribution in [-0.4, -0.2) is 4.98 Å². The van der Waals surface area contributed by atoms with E-state index in [-0.39, 0.29) is 6.04 Å². The van der Waals surface area contributed by atoms with Crippen molar-refractivity contribution in [1.82, 2.24) is 4.98 Å². The second-order valence-electron chi connectivity index (χ2n) is 4.98. The van der Waals surface area contributed by atoms with Crippen LogP contribution in [0.15, 0.2) is 18.3 Å². The van der Waals surface area contributed by atoms with Crippen LogP contribution in [0.1, 0.15) is 55.8 Å². The predicted molar refractivity (Wildman–Crippen MR) is 67.1 cm³/mol. The maximum atomic E-state index is 6.38. The molecule has 2 rings (SSSR count). The first-order valence-corrected chi connectivity index (χ1v) is 6.46. The van der Waals surface area contributed by atoms with Crippen LogP contribution < -0.4 is 5.73 Å². The van der Waals surface area contributed by atoms with E-state index in [1.807, 2.05) is 12.3 Å². The van der Waals surface area contributed by atoms with Crippen molar-refractivity contribution in [1.29, 1.82) is 0 Å². The molecule has 16 heavy (non-hydrogen) atoms. The molecule has 1 saturated carbocycles. The van der Waals surface area contributed by atoms with Crippen molar-refractivity contribution in [3.8, 4) is 0 Å². The van der Waals surface area contributed by atoms with Crippen LogP contribution in [0.2, 0.25) is 0 Å². The van der Waals surface area contributed by atoms with Crippen molar-refractivity contribution in [2.24, 2.45) is 11.7 Å². The maximum absolute atomic E-state index is 6.38. The summed E-state index contributed by atoms with van der Waals surface area (Å²) >= 11 is 0. The summed E-state index contributed by atoms with van der Waals surface area (Å²) < 4.78 is 0. The van der Waals surface area contributed by atoms with E-state index in [0.717, 1.165) is 5.69 Å². The Morgan fingerprint density at radius 2 is 1.94 bits per heavy atom. The van der Waals surface area contributed by atoms with Gasteiger partial charge in [-0.1, -0.05) is 31.7 Å². The Morgan fingerprint density at radius 3 is 2.56 bits per heavy atom. The molecule has 2 nitrogen and oxygen atoms in total. The van der Waals surface area contributed by atoms with Crippen LogP contribution in [0, 0.1) is 12.8 Å². The number of hydrogen-bond donors (Lipinski definition) is 1. The van der Waals surface area contributed by atoms with Gasteiger partial charge in [-0.2, -0.15) is 0 Å². The molecule has 1 fully saturated rings. The van der Waals surface area contributed by atoms with Gasteiger partial charge in [0.05, 0.1) is 11.7 Å². The molecule has 1 aromatic heterocycles. The molecule has 0 spiro atoms. The Balaban J connectivity index is 2.11. The summed E-state index contributed by atoms with van der Waals surface area (Å²) in [6.45, 7) is 2.11. The zero-order chi connectivity index (χ0) is 11.4. The van der Waals surface area contributed by atoms with Gasteiger partial charge in [0.25, 0.3) is 0 Å². The minimum Gasteiger partial charge on any atom is -0.322 e. The minimum absolute atomic E-state index is 0.138. The summed E-state index contributed by atoms with van der Waals surface area (Å²) in [4.78, 5) is 4.46. The Kier molecular flexibility index (Phi) is 3.94. The Bertz CT molecular complexity index is 327. The third kappa shape index (κ3) is 2.62. The first kappa shape index (κ1) is 11.6. The number of rotatable bonds is 2. The number of nitrogens with zero attached hydrogens (tertiary/aromatic N) is 1. The van der Waals surface area contributed by atoms with Crippen molar-refractivity contribution < 1.29 is 0 Å². The van der Waals surface area contributed by atoms with E-state index in [1.54, 1.807) is 0 Å². The van der Waals surface area contributed by atoms with Crippen LogP contribution in [0.25, 0.3) is 0 Å². The number of aromatic nitrogens is 1. The molecule has 1 atom stereocenters. The molecular formula is C14H22N2. The van der Waals surface area contributed by atoms with Crippen LogP contribution in [0.3, 0.4) is 0 Å². The van der Waals surface area contributed by atoms with E-state index < -0.39 is 0 Å². The highest BCUT2D eigenvalue weighted by molar-refractivity contribution is 5.21. The second-order valence-corrected chi connectivity index (χ2v) is 4.98. The lowest BCUT2D eigenvalue weighted by molar-refractivity contribution is 0.375. The number of pyridine rings is 1. The topological polar surface area (TPSA) is 38.9 Å². The van der Waals surface area contributed by atoms with Crippen LogP contribution >= 0.6 is 0 Å². The highest BCUT2D eigenvalue weighted by Crippen LogP contribution is 2.32. The highest BCUT2D eigenvalue weighted by atomic mass is 14.8. The fourth-order valence-corrected chi connectivity index (χ4v) is 2.74. The molecule has 2 heteroatoms. The Labute approximate surface area is 98.3 Å². The summed E-state index contributed by atoms with van der Waals surface area (Å²) in [6.07, 6.45) is 9.84. The fraction of sp³-hybridized carbons (Fsp3) is 0.643. The average Bonchev–Trinajstić information content (AvgIpc) is 2.57. The van der Waals surface area contributed by atoms with Gasteiger partial charge in [0.2, 0.25) is 0 Å². The first-order valence-electron chi connectivity index (χ1n) is 6.46. The lowest BCUT2D eigenvalue weighted by Gasteiger charge is -2.23. The molecule has 0 saturated heterocycles. The largest absolute Gasteiger partial charge is 0.322 e. The summed E-state index contributed by atoms with van der Waals surface area (Å²) in [5.74, 6) is 0.635. The smallest absolute Gasteiger partial charge is 0.0602 e. The number of aryl methyl sites for hydroxylation is 1. The van der Waals surface area contributed by atoms with E-state index in [1.165, 1.54) is 44.1 Å². The molecule has 0 aliphatic heterocycles. The zero-order valence-electron chi connectivity index (χ0n) is 10.2. The molecule has 1 heterocycles. The molecule has 1 aromatic rings. The predicted octanol–water partition coefficient (Wildman–Crippen LogP) is 3.36. The van der Waals surface area contributed by atoms with Crippen LogP contribution in [0.5, 0.6) is 0 Å². The van der Waals surface area contributed by atoms with Gasteiger partial charge in [-0.3, -0.25) is 4.98 Å². The SMILES string of the molecule is Cc1cccnc1C(N)C1CCCCCC1. The average molecular weight is 218 g/mol. The second kappa shape index (κ2) is 5.44. The number of nitrogens with two attached hydrogens (primary N) is 1. The van der Waals surface area contributed by atoms with Gasteiger partial charge in [-0.25, -0.2) is 0 Å². The normalized spacial score (nSPS) is 20.4. The Morgan fingerprint density at radius 1 is 1.25 bits per heavy atom. The van der Waals surface area contributed by atoms with E-state index in [0.29, 0.717) is 5.92 Å². The number of hydrogen-bond acceptors (Lipinski definition) is 2. The summed E-state index contributed by atoms with van der Waals surface area (Å²) in [5, 5.41) is 0. The summed E-state index contributed by atoms with van der Waals surface area (Å²) in [7, 11) is 0. The Hall–Kier alpha value is -0.890. The first-order chi connectivity index (χ1) is 7.79. The third-order valence-corrected chi connectivity index (χ3v) is 3.77. The minimum atomic E-state index is 0.138. The molecule has 2 N–H and O–H groups in total. The lowest BCUT2D eigenvalue weighted by Crippen LogP contribution is -2.23. The highest BCUT2D eigenvalue weighted by Gasteiger charge is 2.22. The molecule has 0 radical (unpaired) electrons. The van der Waals surface area contributed by atoms with Gasteiger partial charge >= 0.3 is 0 Å². The quantitative estimate of drug-likeness (QED) is 0.773. The van der Waals surface area contributed by atoms with E-state index in [4.69, 9.17) is 5.73 Å². The zero-order valence-corrected chi connectivity index (χ0v) is 10.2. The van der Waals surface area contributed by atoms with Crippen molar-refractivity contribution in [3.63, 3.8) is 0 Å². The molecule has 0 amide bonds. The standard InChI is InChI=1S/C14H22N2/c1-11-7-6-10-16-14(11)13(15)12-8-4-2-3-5-9-12/h6-7,10,12-13H,2-5,8-9,15H2,1H3. The third-order valence-electron chi connectivity index (χ3n) is 3.77. The van der Waals surface area contributed by atoms with Gasteiger partial charge in [0.15, 0.2) is 0 Å². The summed E-state index contributed by atoms with van der Waals surface area (Å²) in [5.41, 5.74) is 8.72. The molecule has 1 aliphatic carbocycles. The maximum Gasteiger partial charge on any atom is 0.0602 e. The molecule has 0 aromatic carbocycles. The van der Waals surface area contributed by atoms with Crippen molar-refractivity contribution in [2.45, 2.75) is 51.5 Å². The van der Waals surface area contributed by atoms with E-state index in [2.05, 4.69) is 18.0 Å².